The van der Waals surface area contributed by atoms with Crippen molar-refractivity contribution in [3.8, 4) is 0 Å². The molecule has 0 spiro atoms. The van der Waals surface area contributed by atoms with Crippen molar-refractivity contribution in [1.29, 1.82) is 0 Å². The fourth-order valence-corrected chi connectivity index (χ4v) is 1.61. The minimum Gasteiger partial charge on any atom is -0.468 e. The highest BCUT2D eigenvalue weighted by Crippen LogP contribution is 2.05. The molecule has 1 aliphatic heterocycles. The van der Waals surface area contributed by atoms with E-state index in [9.17, 15) is 4.79 Å². The van der Waals surface area contributed by atoms with Gasteiger partial charge in [0.15, 0.2) is 0 Å². The second kappa shape index (κ2) is 4.28. The van der Waals surface area contributed by atoms with Crippen molar-refractivity contribution < 1.29 is 9.21 Å². The molecule has 0 saturated carbocycles. The van der Waals surface area contributed by atoms with Gasteiger partial charge in [0, 0.05) is 19.0 Å². The maximum Gasteiger partial charge on any atom is 0.220 e. The molecule has 0 aliphatic carbocycles. The highest BCUT2D eigenvalue weighted by Gasteiger charge is 2.19. The Balaban J connectivity index is 1.66. The van der Waals surface area contributed by atoms with Gasteiger partial charge in [-0.3, -0.25) is 4.79 Å². The number of carbonyl (C=O) groups is 1. The average Bonchev–Trinajstić information content (AvgIpc) is 2.77. The van der Waals surface area contributed by atoms with Crippen LogP contribution in [-0.2, 0) is 11.3 Å². The quantitative estimate of drug-likeness (QED) is 0.739. The Morgan fingerprint density at radius 3 is 3.21 bits per heavy atom. The first kappa shape index (κ1) is 9.27. The third-order valence-corrected chi connectivity index (χ3v) is 2.36. The molecule has 0 aromatic carbocycles. The Kier molecular flexibility index (Phi) is 2.84. The fourth-order valence-electron chi connectivity index (χ4n) is 1.61. The molecule has 1 fully saturated rings. The second-order valence-electron chi connectivity index (χ2n) is 3.51. The largest absolute Gasteiger partial charge is 0.468 e. The van der Waals surface area contributed by atoms with Crippen molar-refractivity contribution >= 4 is 5.91 Å². The number of furan rings is 1. The zero-order valence-electron chi connectivity index (χ0n) is 7.95. The smallest absolute Gasteiger partial charge is 0.220 e. The molecule has 76 valence electrons. The van der Waals surface area contributed by atoms with Crippen LogP contribution in [0.15, 0.2) is 22.8 Å². The molecule has 1 aromatic heterocycles. The van der Waals surface area contributed by atoms with E-state index in [2.05, 4.69) is 10.6 Å². The number of hydrogen-bond acceptors (Lipinski definition) is 3. The minimum absolute atomic E-state index is 0.162. The molecule has 1 atom stereocenters. The molecule has 1 amide bonds. The summed E-state index contributed by atoms with van der Waals surface area (Å²) in [5.74, 6) is 1.09. The first-order valence-corrected chi connectivity index (χ1v) is 4.87. The number of nitrogens with one attached hydrogen (secondary N) is 2. The summed E-state index contributed by atoms with van der Waals surface area (Å²) in [5, 5.41) is 6.14. The topological polar surface area (TPSA) is 54.3 Å². The van der Waals surface area contributed by atoms with Crippen molar-refractivity contribution in [3.05, 3.63) is 24.2 Å². The number of amides is 1. The van der Waals surface area contributed by atoms with Crippen LogP contribution < -0.4 is 10.6 Å². The van der Waals surface area contributed by atoms with Gasteiger partial charge in [-0.1, -0.05) is 0 Å². The Morgan fingerprint density at radius 2 is 2.57 bits per heavy atom. The van der Waals surface area contributed by atoms with Crippen LogP contribution in [0.2, 0.25) is 0 Å². The van der Waals surface area contributed by atoms with Crippen molar-refractivity contribution in [1.82, 2.24) is 10.6 Å². The first-order valence-electron chi connectivity index (χ1n) is 4.87. The van der Waals surface area contributed by atoms with E-state index in [1.54, 1.807) is 6.26 Å². The van der Waals surface area contributed by atoms with Gasteiger partial charge >= 0.3 is 0 Å². The van der Waals surface area contributed by atoms with Crippen LogP contribution in [0.1, 0.15) is 18.6 Å². The highest BCUT2D eigenvalue weighted by atomic mass is 16.3. The van der Waals surface area contributed by atoms with Crippen LogP contribution in [0.25, 0.3) is 0 Å². The third kappa shape index (κ3) is 2.35. The third-order valence-electron chi connectivity index (χ3n) is 2.36. The summed E-state index contributed by atoms with van der Waals surface area (Å²) in [6.07, 6.45) is 3.26. The molecule has 14 heavy (non-hydrogen) atoms. The van der Waals surface area contributed by atoms with Gasteiger partial charge in [-0.2, -0.15) is 0 Å². The Labute approximate surface area is 82.7 Å². The van der Waals surface area contributed by atoms with Crippen LogP contribution in [-0.4, -0.2) is 18.5 Å². The lowest BCUT2D eigenvalue weighted by Crippen LogP contribution is -2.35. The van der Waals surface area contributed by atoms with Crippen molar-refractivity contribution in [3.63, 3.8) is 0 Å². The lowest BCUT2D eigenvalue weighted by Gasteiger charge is -2.09. The number of rotatable bonds is 4. The monoisotopic (exact) mass is 194 g/mol. The van der Waals surface area contributed by atoms with Crippen LogP contribution in [0, 0.1) is 0 Å². The van der Waals surface area contributed by atoms with Crippen LogP contribution in [0.3, 0.4) is 0 Å². The van der Waals surface area contributed by atoms with Gasteiger partial charge in [-0.05, 0) is 18.6 Å². The molecule has 1 saturated heterocycles. The van der Waals surface area contributed by atoms with E-state index in [1.165, 1.54) is 0 Å². The molecule has 2 heterocycles. The molecule has 2 N–H and O–H groups in total. The van der Waals surface area contributed by atoms with Gasteiger partial charge < -0.3 is 15.1 Å². The van der Waals surface area contributed by atoms with Crippen molar-refractivity contribution in [2.45, 2.75) is 25.4 Å². The van der Waals surface area contributed by atoms with E-state index < -0.39 is 0 Å². The van der Waals surface area contributed by atoms with Gasteiger partial charge in [0.1, 0.15) is 5.76 Å². The summed E-state index contributed by atoms with van der Waals surface area (Å²) < 4.78 is 5.17. The van der Waals surface area contributed by atoms with E-state index >= 15 is 0 Å². The Bertz CT molecular complexity index is 295. The number of hydrogen-bond donors (Lipinski definition) is 2. The molecular formula is C10H14N2O2. The zero-order valence-corrected chi connectivity index (χ0v) is 7.95. The summed E-state index contributed by atoms with van der Waals surface area (Å²) in [6.45, 7) is 1.53. The molecule has 4 heteroatoms. The van der Waals surface area contributed by atoms with E-state index in [-0.39, 0.29) is 11.9 Å². The Hall–Kier alpha value is -1.29. The van der Waals surface area contributed by atoms with Crippen molar-refractivity contribution in [2.24, 2.45) is 0 Å². The average molecular weight is 194 g/mol. The van der Waals surface area contributed by atoms with Crippen LogP contribution in [0.4, 0.5) is 0 Å². The standard InChI is InChI=1S/C10H14N2O2/c13-10-4-3-8(12-10)6-11-7-9-2-1-5-14-9/h1-2,5,8,11H,3-4,6-7H2,(H,12,13). The summed E-state index contributed by atoms with van der Waals surface area (Å²) in [6, 6.07) is 4.09. The highest BCUT2D eigenvalue weighted by molar-refractivity contribution is 5.78. The predicted molar refractivity (Wildman–Crippen MR) is 51.6 cm³/mol. The van der Waals surface area contributed by atoms with Gasteiger partial charge in [0.25, 0.3) is 0 Å². The normalized spacial score (nSPS) is 21.1. The van der Waals surface area contributed by atoms with Crippen LogP contribution >= 0.6 is 0 Å². The molecular weight excluding hydrogens is 180 g/mol. The molecule has 1 aliphatic rings. The summed E-state index contributed by atoms with van der Waals surface area (Å²) >= 11 is 0. The predicted octanol–water partition coefficient (Wildman–Crippen LogP) is 0.648. The molecule has 1 unspecified atom stereocenters. The van der Waals surface area contributed by atoms with Crippen LogP contribution in [0.5, 0.6) is 0 Å². The molecule has 0 radical (unpaired) electrons. The number of carbonyl (C=O) groups excluding carboxylic acids is 1. The van der Waals surface area contributed by atoms with Gasteiger partial charge in [-0.15, -0.1) is 0 Å². The van der Waals surface area contributed by atoms with Crippen molar-refractivity contribution in [2.75, 3.05) is 6.54 Å². The Morgan fingerprint density at radius 1 is 1.64 bits per heavy atom. The molecule has 1 aromatic rings. The second-order valence-corrected chi connectivity index (χ2v) is 3.51. The minimum atomic E-state index is 0.162. The van der Waals surface area contributed by atoms with E-state index in [0.717, 1.165) is 25.3 Å². The van der Waals surface area contributed by atoms with E-state index in [4.69, 9.17) is 4.42 Å². The summed E-state index contributed by atoms with van der Waals surface area (Å²) in [7, 11) is 0. The lowest BCUT2D eigenvalue weighted by atomic mass is 10.2. The zero-order chi connectivity index (χ0) is 9.80. The molecule has 4 nitrogen and oxygen atoms in total. The molecule has 0 bridgehead atoms. The fraction of sp³-hybridized carbons (Fsp3) is 0.500. The van der Waals surface area contributed by atoms with Gasteiger partial charge in [0.2, 0.25) is 5.91 Å². The maximum absolute atomic E-state index is 10.9. The van der Waals surface area contributed by atoms with E-state index in [0.29, 0.717) is 6.42 Å². The first-order chi connectivity index (χ1) is 6.84. The van der Waals surface area contributed by atoms with Gasteiger partial charge in [-0.25, -0.2) is 0 Å². The summed E-state index contributed by atoms with van der Waals surface area (Å²) in [4.78, 5) is 10.9. The summed E-state index contributed by atoms with van der Waals surface area (Å²) in [5.41, 5.74) is 0. The van der Waals surface area contributed by atoms with Gasteiger partial charge in [0.05, 0.1) is 12.8 Å². The lowest BCUT2D eigenvalue weighted by molar-refractivity contribution is -0.119. The SMILES string of the molecule is O=C1CCC(CNCc2ccco2)N1. The maximum atomic E-state index is 10.9. The van der Waals surface area contributed by atoms with E-state index in [1.807, 2.05) is 12.1 Å². The molecule has 2 rings (SSSR count).